The maximum absolute atomic E-state index is 5.71. The van der Waals surface area contributed by atoms with Gasteiger partial charge in [-0.1, -0.05) is 0 Å². The Bertz CT molecular complexity index is 355. The van der Waals surface area contributed by atoms with Gasteiger partial charge in [0.2, 0.25) is 0 Å². The molecule has 1 saturated heterocycles. The van der Waals surface area contributed by atoms with E-state index in [1.807, 2.05) is 0 Å². The van der Waals surface area contributed by atoms with Crippen LogP contribution in [0.25, 0.3) is 0 Å². The number of hydrogen-bond donors (Lipinski definition) is 1. The standard InChI is InChI=1S/C12H17N3O2/c1-3-12(16-5-6-17-12)4-2-10(1)15-11-7-13-9-14-8-11/h7-10,15H,1-6H2. The first-order chi connectivity index (χ1) is 8.36. The monoisotopic (exact) mass is 235 g/mol. The van der Waals surface area contributed by atoms with Gasteiger partial charge < -0.3 is 14.8 Å². The zero-order chi connectivity index (χ0) is 11.6. The lowest BCUT2D eigenvalue weighted by Crippen LogP contribution is -2.39. The predicted octanol–water partition coefficient (Wildman–Crippen LogP) is 1.57. The van der Waals surface area contributed by atoms with E-state index >= 15 is 0 Å². The van der Waals surface area contributed by atoms with Crippen LogP contribution in [0, 0.1) is 0 Å². The largest absolute Gasteiger partial charge is 0.380 e. The van der Waals surface area contributed by atoms with Crippen LogP contribution in [-0.4, -0.2) is 35.0 Å². The Morgan fingerprint density at radius 3 is 2.41 bits per heavy atom. The molecule has 1 aromatic heterocycles. The number of hydrogen-bond acceptors (Lipinski definition) is 5. The van der Waals surface area contributed by atoms with E-state index in [2.05, 4.69) is 15.3 Å². The molecule has 0 aromatic carbocycles. The summed E-state index contributed by atoms with van der Waals surface area (Å²) in [4.78, 5) is 8.00. The number of rotatable bonds is 2. The van der Waals surface area contributed by atoms with Crippen molar-refractivity contribution in [3.63, 3.8) is 0 Å². The molecule has 5 nitrogen and oxygen atoms in total. The first-order valence-corrected chi connectivity index (χ1v) is 6.16. The highest BCUT2D eigenvalue weighted by Crippen LogP contribution is 2.36. The minimum absolute atomic E-state index is 0.272. The van der Waals surface area contributed by atoms with Gasteiger partial charge in [0.15, 0.2) is 5.79 Å². The van der Waals surface area contributed by atoms with Crippen LogP contribution in [-0.2, 0) is 9.47 Å². The van der Waals surface area contributed by atoms with E-state index in [4.69, 9.17) is 9.47 Å². The van der Waals surface area contributed by atoms with Gasteiger partial charge in [-0.15, -0.1) is 0 Å². The van der Waals surface area contributed by atoms with Gasteiger partial charge in [-0.25, -0.2) is 9.97 Å². The maximum atomic E-state index is 5.71. The van der Waals surface area contributed by atoms with Crippen molar-refractivity contribution in [1.29, 1.82) is 0 Å². The molecule has 1 aliphatic carbocycles. The molecule has 0 amide bonds. The van der Waals surface area contributed by atoms with Gasteiger partial charge in [-0.3, -0.25) is 0 Å². The lowest BCUT2D eigenvalue weighted by atomic mass is 9.90. The van der Waals surface area contributed by atoms with Crippen molar-refractivity contribution < 1.29 is 9.47 Å². The smallest absolute Gasteiger partial charge is 0.168 e. The van der Waals surface area contributed by atoms with Crippen molar-refractivity contribution in [1.82, 2.24) is 9.97 Å². The Kier molecular flexibility index (Phi) is 2.94. The summed E-state index contributed by atoms with van der Waals surface area (Å²) in [6.07, 6.45) is 9.22. The molecule has 1 aromatic rings. The Morgan fingerprint density at radius 1 is 1.12 bits per heavy atom. The third-order valence-electron chi connectivity index (χ3n) is 3.49. The number of aromatic nitrogens is 2. The molecular weight excluding hydrogens is 218 g/mol. The average molecular weight is 235 g/mol. The predicted molar refractivity (Wildman–Crippen MR) is 62.5 cm³/mol. The average Bonchev–Trinajstić information content (AvgIpc) is 2.83. The van der Waals surface area contributed by atoms with Crippen LogP contribution in [0.15, 0.2) is 18.7 Å². The molecule has 1 aliphatic heterocycles. The van der Waals surface area contributed by atoms with Crippen LogP contribution in [0.2, 0.25) is 0 Å². The third-order valence-corrected chi connectivity index (χ3v) is 3.49. The Hall–Kier alpha value is -1.20. The summed E-state index contributed by atoms with van der Waals surface area (Å²) in [7, 11) is 0. The lowest BCUT2D eigenvalue weighted by molar-refractivity contribution is -0.177. The van der Waals surface area contributed by atoms with Crippen molar-refractivity contribution in [2.75, 3.05) is 18.5 Å². The van der Waals surface area contributed by atoms with E-state index in [0.717, 1.165) is 44.6 Å². The van der Waals surface area contributed by atoms with Gasteiger partial charge in [0.05, 0.1) is 31.3 Å². The fourth-order valence-corrected chi connectivity index (χ4v) is 2.60. The molecule has 2 fully saturated rings. The van der Waals surface area contributed by atoms with E-state index in [0.29, 0.717) is 6.04 Å². The van der Waals surface area contributed by atoms with Crippen LogP contribution >= 0.6 is 0 Å². The molecule has 0 atom stereocenters. The van der Waals surface area contributed by atoms with Crippen molar-refractivity contribution in [2.45, 2.75) is 37.5 Å². The van der Waals surface area contributed by atoms with Gasteiger partial charge in [-0.2, -0.15) is 0 Å². The minimum Gasteiger partial charge on any atom is -0.380 e. The molecule has 0 unspecified atom stereocenters. The molecular formula is C12H17N3O2. The van der Waals surface area contributed by atoms with E-state index in [1.165, 1.54) is 0 Å². The topological polar surface area (TPSA) is 56.3 Å². The van der Waals surface area contributed by atoms with Crippen LogP contribution in [0.4, 0.5) is 5.69 Å². The van der Waals surface area contributed by atoms with Gasteiger partial charge in [-0.05, 0) is 12.8 Å². The van der Waals surface area contributed by atoms with Crippen LogP contribution in [0.3, 0.4) is 0 Å². The number of nitrogens with zero attached hydrogens (tertiary/aromatic N) is 2. The van der Waals surface area contributed by atoms with Gasteiger partial charge in [0.1, 0.15) is 6.33 Å². The highest BCUT2D eigenvalue weighted by atomic mass is 16.7. The maximum Gasteiger partial charge on any atom is 0.168 e. The van der Waals surface area contributed by atoms with Gasteiger partial charge in [0.25, 0.3) is 0 Å². The molecule has 2 heterocycles. The summed E-state index contributed by atoms with van der Waals surface area (Å²) in [5.74, 6) is -0.272. The summed E-state index contributed by atoms with van der Waals surface area (Å²) >= 11 is 0. The highest BCUT2D eigenvalue weighted by Gasteiger charge is 2.40. The number of ether oxygens (including phenoxy) is 2. The SMILES string of the molecule is c1ncc(NC2CCC3(CC2)OCCO3)cn1. The Labute approximate surface area is 101 Å². The molecule has 92 valence electrons. The summed E-state index contributed by atoms with van der Waals surface area (Å²) in [6, 6.07) is 0.472. The molecule has 17 heavy (non-hydrogen) atoms. The normalized spacial score (nSPS) is 24.0. The molecule has 0 radical (unpaired) electrons. The second-order valence-electron chi connectivity index (χ2n) is 4.65. The first-order valence-electron chi connectivity index (χ1n) is 6.16. The molecule has 1 saturated carbocycles. The van der Waals surface area contributed by atoms with Crippen molar-refractivity contribution in [3.05, 3.63) is 18.7 Å². The first kappa shape index (κ1) is 10.9. The Morgan fingerprint density at radius 2 is 1.76 bits per heavy atom. The molecule has 0 bridgehead atoms. The highest BCUT2D eigenvalue weighted by molar-refractivity contribution is 5.38. The fourth-order valence-electron chi connectivity index (χ4n) is 2.60. The fraction of sp³-hybridized carbons (Fsp3) is 0.667. The summed E-state index contributed by atoms with van der Waals surface area (Å²) < 4.78 is 11.4. The summed E-state index contributed by atoms with van der Waals surface area (Å²) in [5, 5.41) is 3.45. The number of anilines is 1. The van der Waals surface area contributed by atoms with E-state index < -0.39 is 0 Å². The number of nitrogens with one attached hydrogen (secondary N) is 1. The van der Waals surface area contributed by atoms with Crippen molar-refractivity contribution in [3.8, 4) is 0 Å². The van der Waals surface area contributed by atoms with Gasteiger partial charge in [0, 0.05) is 18.9 Å². The molecule has 3 rings (SSSR count). The quantitative estimate of drug-likeness (QED) is 0.843. The molecule has 1 spiro atoms. The van der Waals surface area contributed by atoms with Crippen molar-refractivity contribution in [2.24, 2.45) is 0 Å². The second kappa shape index (κ2) is 4.58. The van der Waals surface area contributed by atoms with E-state index in [1.54, 1.807) is 18.7 Å². The zero-order valence-corrected chi connectivity index (χ0v) is 9.76. The molecule has 1 N–H and O–H groups in total. The van der Waals surface area contributed by atoms with Crippen LogP contribution in [0.1, 0.15) is 25.7 Å². The van der Waals surface area contributed by atoms with Crippen molar-refractivity contribution >= 4 is 5.69 Å². The second-order valence-corrected chi connectivity index (χ2v) is 4.65. The van der Waals surface area contributed by atoms with E-state index in [9.17, 15) is 0 Å². The van der Waals surface area contributed by atoms with E-state index in [-0.39, 0.29) is 5.79 Å². The lowest BCUT2D eigenvalue weighted by Gasteiger charge is -2.35. The Balaban J connectivity index is 1.55. The summed E-state index contributed by atoms with van der Waals surface area (Å²) in [5.41, 5.74) is 0.988. The van der Waals surface area contributed by atoms with Crippen LogP contribution < -0.4 is 5.32 Å². The summed E-state index contributed by atoms with van der Waals surface area (Å²) in [6.45, 7) is 1.48. The molecule has 5 heteroatoms. The van der Waals surface area contributed by atoms with Crippen LogP contribution in [0.5, 0.6) is 0 Å². The molecule has 2 aliphatic rings. The van der Waals surface area contributed by atoms with Gasteiger partial charge >= 0.3 is 0 Å². The zero-order valence-electron chi connectivity index (χ0n) is 9.76. The third kappa shape index (κ3) is 2.40. The minimum atomic E-state index is -0.272.